The molecule has 0 spiro atoms. The molecule has 23 heavy (non-hydrogen) atoms. The summed E-state index contributed by atoms with van der Waals surface area (Å²) in [6.07, 6.45) is 3.30. The van der Waals surface area contributed by atoms with Gasteiger partial charge in [-0.15, -0.1) is 0 Å². The topological polar surface area (TPSA) is 81.5 Å². The van der Waals surface area contributed by atoms with E-state index < -0.39 is 15.1 Å². The Bertz CT molecular complexity index is 779. The summed E-state index contributed by atoms with van der Waals surface area (Å²) in [5.41, 5.74) is 0. The van der Waals surface area contributed by atoms with Crippen LogP contribution in [-0.2, 0) is 21.2 Å². The van der Waals surface area contributed by atoms with Gasteiger partial charge in [0.2, 0.25) is 5.91 Å². The minimum absolute atomic E-state index is 0.127. The fraction of sp³-hybridized carbons (Fsp3) is 0.333. The quantitative estimate of drug-likeness (QED) is 0.798. The predicted octanol–water partition coefficient (Wildman–Crippen LogP) is 0.576. The maximum absolute atomic E-state index is 12.5. The van der Waals surface area contributed by atoms with Gasteiger partial charge in [-0.2, -0.15) is 5.10 Å². The van der Waals surface area contributed by atoms with E-state index in [1.165, 1.54) is 28.8 Å². The molecule has 1 fully saturated rings. The summed E-state index contributed by atoms with van der Waals surface area (Å²) < 4.78 is 31.6. The van der Waals surface area contributed by atoms with Gasteiger partial charge in [0.1, 0.15) is 17.5 Å². The Morgan fingerprint density at radius 3 is 2.57 bits per heavy atom. The van der Waals surface area contributed by atoms with Crippen molar-refractivity contribution < 1.29 is 17.9 Å². The normalized spacial score (nSPS) is 15.3. The minimum Gasteiger partial charge on any atom is -0.497 e. The zero-order chi connectivity index (χ0) is 16.4. The zero-order valence-corrected chi connectivity index (χ0v) is 13.4. The molecule has 0 saturated carbocycles. The Morgan fingerprint density at radius 2 is 2.00 bits per heavy atom. The molecule has 0 aliphatic carbocycles. The number of carbonyl (C=O) groups excluding carboxylic acids is 1. The smallest absolute Gasteiger partial charge is 0.244 e. The molecule has 1 aliphatic rings. The SMILES string of the molecule is COc1ccc(S(=O)(=O)C2CN(C(=O)Cn3cccn3)C2)cc1. The third-order valence-electron chi connectivity index (χ3n) is 3.88. The summed E-state index contributed by atoms with van der Waals surface area (Å²) in [7, 11) is -1.90. The molecule has 7 nitrogen and oxygen atoms in total. The average molecular weight is 335 g/mol. The number of hydrogen-bond donors (Lipinski definition) is 0. The second-order valence-corrected chi connectivity index (χ2v) is 7.57. The van der Waals surface area contributed by atoms with Crippen molar-refractivity contribution in [2.75, 3.05) is 20.2 Å². The summed E-state index contributed by atoms with van der Waals surface area (Å²) >= 11 is 0. The van der Waals surface area contributed by atoms with E-state index in [0.717, 1.165) is 0 Å². The van der Waals surface area contributed by atoms with Crippen LogP contribution in [0.2, 0.25) is 0 Å². The average Bonchev–Trinajstić information content (AvgIpc) is 2.98. The van der Waals surface area contributed by atoms with Gasteiger partial charge in [-0.3, -0.25) is 9.48 Å². The first-order valence-corrected chi connectivity index (χ1v) is 8.68. The van der Waals surface area contributed by atoms with Gasteiger partial charge in [-0.25, -0.2) is 8.42 Å². The summed E-state index contributed by atoms with van der Waals surface area (Å²) in [5.74, 6) is 0.475. The van der Waals surface area contributed by atoms with Gasteiger partial charge in [0, 0.05) is 25.5 Å². The number of ether oxygens (including phenoxy) is 1. The number of amides is 1. The number of nitrogens with zero attached hydrogens (tertiary/aromatic N) is 3. The van der Waals surface area contributed by atoms with Crippen molar-refractivity contribution in [1.82, 2.24) is 14.7 Å². The molecule has 1 amide bonds. The fourth-order valence-electron chi connectivity index (χ4n) is 2.43. The molecular formula is C15H17N3O4S. The van der Waals surface area contributed by atoms with E-state index in [0.29, 0.717) is 5.75 Å². The maximum Gasteiger partial charge on any atom is 0.244 e. The highest BCUT2D eigenvalue weighted by atomic mass is 32.2. The Morgan fingerprint density at radius 1 is 1.30 bits per heavy atom. The molecule has 3 rings (SSSR count). The van der Waals surface area contributed by atoms with Crippen LogP contribution in [0.15, 0.2) is 47.6 Å². The number of sulfone groups is 1. The first-order valence-electron chi connectivity index (χ1n) is 7.14. The fourth-order valence-corrected chi connectivity index (χ4v) is 4.08. The van der Waals surface area contributed by atoms with Crippen molar-refractivity contribution in [3.63, 3.8) is 0 Å². The van der Waals surface area contributed by atoms with E-state index >= 15 is 0 Å². The second kappa shape index (κ2) is 6.04. The molecule has 2 heterocycles. The van der Waals surface area contributed by atoms with Gasteiger partial charge in [0.15, 0.2) is 9.84 Å². The lowest BCUT2D eigenvalue weighted by Gasteiger charge is -2.38. The summed E-state index contributed by atoms with van der Waals surface area (Å²) in [4.78, 5) is 13.8. The van der Waals surface area contributed by atoms with Gasteiger partial charge in [-0.1, -0.05) is 0 Å². The number of likely N-dealkylation sites (tertiary alicyclic amines) is 1. The number of aromatic nitrogens is 2. The van der Waals surface area contributed by atoms with Crippen LogP contribution in [0.4, 0.5) is 0 Å². The Balaban J connectivity index is 1.62. The monoisotopic (exact) mass is 335 g/mol. The summed E-state index contributed by atoms with van der Waals surface area (Å²) in [5, 5.41) is 3.41. The van der Waals surface area contributed by atoms with Crippen LogP contribution in [0.3, 0.4) is 0 Å². The molecule has 0 atom stereocenters. The zero-order valence-electron chi connectivity index (χ0n) is 12.6. The molecule has 122 valence electrons. The predicted molar refractivity (Wildman–Crippen MR) is 82.8 cm³/mol. The van der Waals surface area contributed by atoms with Gasteiger partial charge in [0.05, 0.1) is 12.0 Å². The molecule has 0 radical (unpaired) electrons. The van der Waals surface area contributed by atoms with Crippen molar-refractivity contribution in [2.45, 2.75) is 16.7 Å². The third kappa shape index (κ3) is 3.07. The van der Waals surface area contributed by atoms with Crippen LogP contribution in [0, 0.1) is 0 Å². The summed E-state index contributed by atoms with van der Waals surface area (Å²) in [6, 6.07) is 8.03. The lowest BCUT2D eigenvalue weighted by Crippen LogP contribution is -2.57. The first-order chi connectivity index (χ1) is 11.0. The number of methoxy groups -OCH3 is 1. The van der Waals surface area contributed by atoms with Crippen LogP contribution >= 0.6 is 0 Å². The maximum atomic E-state index is 12.5. The van der Waals surface area contributed by atoms with Crippen LogP contribution in [0.25, 0.3) is 0 Å². The lowest BCUT2D eigenvalue weighted by atomic mass is 10.2. The largest absolute Gasteiger partial charge is 0.497 e. The van der Waals surface area contributed by atoms with Crippen molar-refractivity contribution in [2.24, 2.45) is 0 Å². The van der Waals surface area contributed by atoms with Crippen LogP contribution in [0.1, 0.15) is 0 Å². The molecule has 1 aromatic heterocycles. The highest BCUT2D eigenvalue weighted by molar-refractivity contribution is 7.92. The lowest BCUT2D eigenvalue weighted by molar-refractivity contribution is -0.135. The highest BCUT2D eigenvalue weighted by Gasteiger charge is 2.40. The number of rotatable bonds is 5. The van der Waals surface area contributed by atoms with Gasteiger partial charge in [-0.05, 0) is 30.3 Å². The molecular weight excluding hydrogens is 318 g/mol. The Labute approximate surface area is 134 Å². The Kier molecular flexibility index (Phi) is 4.08. The highest BCUT2D eigenvalue weighted by Crippen LogP contribution is 2.25. The molecule has 1 saturated heterocycles. The van der Waals surface area contributed by atoms with Crippen LogP contribution in [-0.4, -0.2) is 54.5 Å². The first kappa shape index (κ1) is 15.5. The van der Waals surface area contributed by atoms with E-state index in [9.17, 15) is 13.2 Å². The third-order valence-corrected chi connectivity index (χ3v) is 5.99. The van der Waals surface area contributed by atoms with Crippen LogP contribution in [0.5, 0.6) is 5.75 Å². The standard InChI is InChI=1S/C15H17N3O4S/c1-22-12-3-5-13(6-4-12)23(20,21)14-9-17(10-14)15(19)11-18-8-2-7-16-18/h2-8,14H,9-11H2,1H3. The van der Waals surface area contributed by atoms with Crippen LogP contribution < -0.4 is 4.74 Å². The van der Waals surface area contributed by atoms with E-state index in [2.05, 4.69) is 5.10 Å². The second-order valence-electron chi connectivity index (χ2n) is 5.34. The van der Waals surface area contributed by atoms with Gasteiger partial charge in [0.25, 0.3) is 0 Å². The van der Waals surface area contributed by atoms with E-state index in [1.54, 1.807) is 30.6 Å². The number of benzene rings is 1. The van der Waals surface area contributed by atoms with E-state index in [1.807, 2.05) is 0 Å². The van der Waals surface area contributed by atoms with E-state index in [4.69, 9.17) is 4.74 Å². The number of hydrogen-bond acceptors (Lipinski definition) is 5. The number of carbonyl (C=O) groups is 1. The van der Waals surface area contributed by atoms with Crippen molar-refractivity contribution in [1.29, 1.82) is 0 Å². The van der Waals surface area contributed by atoms with Crippen molar-refractivity contribution in [3.05, 3.63) is 42.7 Å². The van der Waals surface area contributed by atoms with E-state index in [-0.39, 0.29) is 30.4 Å². The molecule has 2 aromatic rings. The minimum atomic E-state index is -3.43. The summed E-state index contributed by atoms with van der Waals surface area (Å²) in [6.45, 7) is 0.561. The van der Waals surface area contributed by atoms with Crippen molar-refractivity contribution >= 4 is 15.7 Å². The Hall–Kier alpha value is -2.35. The van der Waals surface area contributed by atoms with Gasteiger partial charge < -0.3 is 9.64 Å². The molecule has 1 aliphatic heterocycles. The van der Waals surface area contributed by atoms with Gasteiger partial charge >= 0.3 is 0 Å². The molecule has 0 bridgehead atoms. The molecule has 0 unspecified atom stereocenters. The molecule has 0 N–H and O–H groups in total. The molecule has 1 aromatic carbocycles. The molecule has 8 heteroatoms. The van der Waals surface area contributed by atoms with Crippen molar-refractivity contribution in [3.8, 4) is 5.75 Å².